The maximum absolute atomic E-state index is 10.7. The van der Waals surface area contributed by atoms with E-state index in [0.29, 0.717) is 12.8 Å². The van der Waals surface area contributed by atoms with Crippen LogP contribution in [-0.4, -0.2) is 53.4 Å². The smallest absolute Gasteiger partial charge is 0.377 e. The van der Waals surface area contributed by atoms with Crippen LogP contribution in [0.25, 0.3) is 0 Å². The molecule has 1 aromatic heterocycles. The highest BCUT2D eigenvalue weighted by Gasteiger charge is 2.37. The highest BCUT2D eigenvalue weighted by atomic mass is 32.2. The molecular weight excluding hydrogens is 352 g/mol. The number of unbranched alkanes of at least 4 members (excludes halogenated alkanes) is 1. The Morgan fingerprint density at radius 3 is 2.33 bits per heavy atom. The third-order valence-corrected chi connectivity index (χ3v) is 7.61. The van der Waals surface area contributed by atoms with Gasteiger partial charge < -0.3 is 13.3 Å². The van der Waals surface area contributed by atoms with Gasteiger partial charge in [-0.1, -0.05) is 0 Å². The third kappa shape index (κ3) is 6.99. The van der Waals surface area contributed by atoms with Crippen molar-refractivity contribution in [3.63, 3.8) is 0 Å². The summed E-state index contributed by atoms with van der Waals surface area (Å²) in [4.78, 5) is 0. The largest absolute Gasteiger partial charge is 0.500 e. The van der Waals surface area contributed by atoms with E-state index < -0.39 is 18.9 Å². The molecule has 0 amide bonds. The van der Waals surface area contributed by atoms with Gasteiger partial charge in [0.15, 0.2) is 0 Å². The summed E-state index contributed by atoms with van der Waals surface area (Å²) in [6, 6.07) is 0.738. The second kappa shape index (κ2) is 9.64. The fourth-order valence-corrected chi connectivity index (χ4v) is 4.85. The molecule has 0 spiro atoms. The zero-order chi connectivity index (χ0) is 18.2. The molecular formula is C14H29N2O6SSi+. The molecule has 0 bridgehead atoms. The van der Waals surface area contributed by atoms with Crippen molar-refractivity contribution >= 4 is 18.9 Å². The van der Waals surface area contributed by atoms with Gasteiger partial charge in [-0.3, -0.25) is 4.55 Å². The first kappa shape index (κ1) is 21.3. The van der Waals surface area contributed by atoms with E-state index in [1.54, 1.807) is 21.3 Å². The van der Waals surface area contributed by atoms with Gasteiger partial charge in [-0.2, -0.15) is 8.42 Å². The second-order valence-corrected chi connectivity index (χ2v) is 10.4. The van der Waals surface area contributed by atoms with Crippen molar-refractivity contribution in [2.24, 2.45) is 0 Å². The van der Waals surface area contributed by atoms with Gasteiger partial charge in [0.1, 0.15) is 11.9 Å². The molecule has 0 saturated carbocycles. The third-order valence-electron chi connectivity index (χ3n) is 3.98. The Morgan fingerprint density at radius 1 is 1.17 bits per heavy atom. The maximum atomic E-state index is 10.7. The van der Waals surface area contributed by atoms with Gasteiger partial charge in [0, 0.05) is 34.3 Å². The van der Waals surface area contributed by atoms with Gasteiger partial charge in [0.05, 0.1) is 18.8 Å². The van der Waals surface area contributed by atoms with Crippen LogP contribution in [0, 0.1) is 6.92 Å². The average Bonchev–Trinajstić information content (AvgIpc) is 2.88. The summed E-state index contributed by atoms with van der Waals surface area (Å²) in [6.07, 6.45) is 6.08. The molecule has 24 heavy (non-hydrogen) atoms. The zero-order valence-electron chi connectivity index (χ0n) is 14.9. The Hall–Kier alpha value is -0.783. The van der Waals surface area contributed by atoms with Crippen LogP contribution in [0.5, 0.6) is 0 Å². The molecule has 1 N–H and O–H groups in total. The predicted octanol–water partition coefficient (Wildman–Crippen LogP) is 1.02. The fourth-order valence-electron chi connectivity index (χ4n) is 2.57. The van der Waals surface area contributed by atoms with E-state index in [4.69, 9.17) is 17.8 Å². The molecule has 0 atom stereocenters. The number of rotatable bonds is 12. The van der Waals surface area contributed by atoms with Crippen molar-refractivity contribution in [3.05, 3.63) is 18.2 Å². The Bertz CT molecular complexity index is 592. The van der Waals surface area contributed by atoms with Crippen LogP contribution < -0.4 is 4.57 Å². The van der Waals surface area contributed by atoms with Gasteiger partial charge in [-0.05, 0) is 19.3 Å². The zero-order valence-corrected chi connectivity index (χ0v) is 16.7. The first-order valence-corrected chi connectivity index (χ1v) is 11.5. The minimum atomic E-state index is -3.86. The van der Waals surface area contributed by atoms with Crippen LogP contribution in [0.1, 0.15) is 25.0 Å². The average molecular weight is 382 g/mol. The summed E-state index contributed by atoms with van der Waals surface area (Å²) < 4.78 is 50.5. The first-order chi connectivity index (χ1) is 11.2. The molecule has 0 radical (unpaired) electrons. The number of aromatic nitrogens is 2. The lowest BCUT2D eigenvalue weighted by molar-refractivity contribution is -0.696. The topological polar surface area (TPSA) is 90.9 Å². The lowest BCUT2D eigenvalue weighted by Gasteiger charge is -2.23. The van der Waals surface area contributed by atoms with Gasteiger partial charge in [-0.25, -0.2) is 9.13 Å². The van der Waals surface area contributed by atoms with E-state index in [1.807, 2.05) is 13.3 Å². The minimum absolute atomic E-state index is 0.189. The van der Waals surface area contributed by atoms with Crippen molar-refractivity contribution in [3.8, 4) is 0 Å². The van der Waals surface area contributed by atoms with Crippen LogP contribution in [0.2, 0.25) is 6.04 Å². The van der Waals surface area contributed by atoms with E-state index in [9.17, 15) is 8.42 Å². The fraction of sp³-hybridized carbons (Fsp3) is 0.786. The summed E-state index contributed by atoms with van der Waals surface area (Å²) in [5.74, 6) is -0.189. The molecule has 0 aliphatic heterocycles. The Morgan fingerprint density at radius 2 is 1.79 bits per heavy atom. The summed E-state index contributed by atoms with van der Waals surface area (Å²) >= 11 is 0. The number of nitrogens with zero attached hydrogens (tertiary/aromatic N) is 2. The molecule has 1 aromatic rings. The normalized spacial score (nSPS) is 12.7. The molecule has 0 aromatic carbocycles. The minimum Gasteiger partial charge on any atom is -0.377 e. The van der Waals surface area contributed by atoms with Gasteiger partial charge in [-0.15, -0.1) is 0 Å². The molecule has 0 aliphatic rings. The molecule has 8 nitrogen and oxygen atoms in total. The van der Waals surface area contributed by atoms with Crippen molar-refractivity contribution in [1.82, 2.24) is 4.57 Å². The van der Waals surface area contributed by atoms with Gasteiger partial charge in [0.25, 0.3) is 10.1 Å². The monoisotopic (exact) mass is 381 g/mol. The SMILES string of the molecule is CO[Si](CCC[n+]1cc(C)n(CCCCS(=O)(=O)O)c1)(OC)OC. The second-order valence-electron chi connectivity index (χ2n) is 5.71. The molecule has 1 heterocycles. The Kier molecular flexibility index (Phi) is 8.54. The molecule has 10 heteroatoms. The Balaban J connectivity index is 2.46. The summed E-state index contributed by atoms with van der Waals surface area (Å²) in [6.45, 7) is 3.56. The maximum Gasteiger partial charge on any atom is 0.500 e. The van der Waals surface area contributed by atoms with Crippen molar-refractivity contribution in [1.29, 1.82) is 0 Å². The van der Waals surface area contributed by atoms with Crippen LogP contribution in [-0.2, 0) is 36.5 Å². The lowest BCUT2D eigenvalue weighted by atomic mass is 10.3. The van der Waals surface area contributed by atoms with E-state index in [1.165, 1.54) is 0 Å². The van der Waals surface area contributed by atoms with E-state index in [-0.39, 0.29) is 5.75 Å². The van der Waals surface area contributed by atoms with Crippen molar-refractivity contribution in [2.75, 3.05) is 27.1 Å². The number of aryl methyl sites for hydroxylation is 3. The first-order valence-electron chi connectivity index (χ1n) is 7.91. The summed E-state index contributed by atoms with van der Waals surface area (Å²) in [5.41, 5.74) is 1.11. The molecule has 1 rings (SSSR count). The van der Waals surface area contributed by atoms with E-state index in [0.717, 1.165) is 31.2 Å². The predicted molar refractivity (Wildman–Crippen MR) is 91.2 cm³/mol. The summed E-state index contributed by atoms with van der Waals surface area (Å²) in [7, 11) is -1.55. The van der Waals surface area contributed by atoms with Crippen LogP contribution in [0.3, 0.4) is 0 Å². The molecule has 0 fully saturated rings. The molecule has 0 saturated heterocycles. The highest BCUT2D eigenvalue weighted by molar-refractivity contribution is 7.85. The standard InChI is InChI=1S/C14H28N2O6SSi/c1-14-12-15(8-7-11-24(20-2,21-3)22-4)13-16(14)9-5-6-10-23(17,18)19/h12-13H,5-11H2,1-4H3/p+1. The van der Waals surface area contributed by atoms with Crippen LogP contribution >= 0.6 is 0 Å². The van der Waals surface area contributed by atoms with Crippen molar-refractivity contribution in [2.45, 2.75) is 45.3 Å². The number of hydrogen-bond donors (Lipinski definition) is 1. The lowest BCUT2D eigenvalue weighted by Crippen LogP contribution is -2.43. The molecule has 0 unspecified atom stereocenters. The van der Waals surface area contributed by atoms with Gasteiger partial charge in [0.2, 0.25) is 6.33 Å². The van der Waals surface area contributed by atoms with E-state index in [2.05, 4.69) is 15.3 Å². The summed E-state index contributed by atoms with van der Waals surface area (Å²) in [5, 5.41) is 0. The van der Waals surface area contributed by atoms with Crippen LogP contribution in [0.15, 0.2) is 12.5 Å². The van der Waals surface area contributed by atoms with E-state index >= 15 is 0 Å². The number of hydrogen-bond acceptors (Lipinski definition) is 5. The number of imidazole rings is 1. The Labute approximate surface area is 145 Å². The molecule has 140 valence electrons. The van der Waals surface area contributed by atoms with Crippen LogP contribution in [0.4, 0.5) is 0 Å². The highest BCUT2D eigenvalue weighted by Crippen LogP contribution is 2.14. The van der Waals surface area contributed by atoms with Gasteiger partial charge >= 0.3 is 8.80 Å². The molecule has 0 aliphatic carbocycles. The quantitative estimate of drug-likeness (QED) is 0.252. The van der Waals surface area contributed by atoms with Crippen molar-refractivity contribution < 1.29 is 30.8 Å².